The standard InChI is InChI=1S/C15H23N5/c1-3-9-20(10-12-5-4-7-16-12)15-14-13(6-8-17-15)19(2)11-18-14/h6,8,11-12,16H,3-5,7,9-10H2,1-2H3. The first-order valence-electron chi connectivity index (χ1n) is 7.54. The van der Waals surface area contributed by atoms with Gasteiger partial charge in [0.1, 0.15) is 5.52 Å². The fourth-order valence-corrected chi connectivity index (χ4v) is 3.01. The summed E-state index contributed by atoms with van der Waals surface area (Å²) < 4.78 is 2.05. The summed E-state index contributed by atoms with van der Waals surface area (Å²) in [5.74, 6) is 1.03. The summed E-state index contributed by atoms with van der Waals surface area (Å²) in [5.41, 5.74) is 2.16. The van der Waals surface area contributed by atoms with E-state index in [9.17, 15) is 0 Å². The molecule has 1 saturated heterocycles. The van der Waals surface area contributed by atoms with E-state index in [0.29, 0.717) is 6.04 Å². The second-order valence-corrected chi connectivity index (χ2v) is 5.60. The maximum Gasteiger partial charge on any atom is 0.156 e. The van der Waals surface area contributed by atoms with Crippen LogP contribution in [-0.4, -0.2) is 40.2 Å². The monoisotopic (exact) mass is 273 g/mol. The van der Waals surface area contributed by atoms with E-state index in [2.05, 4.69) is 31.7 Å². The number of imidazole rings is 1. The van der Waals surface area contributed by atoms with Crippen LogP contribution in [0.15, 0.2) is 18.6 Å². The van der Waals surface area contributed by atoms with Gasteiger partial charge in [0.25, 0.3) is 0 Å². The molecular weight excluding hydrogens is 250 g/mol. The van der Waals surface area contributed by atoms with Crippen molar-refractivity contribution in [2.24, 2.45) is 7.05 Å². The highest BCUT2D eigenvalue weighted by Crippen LogP contribution is 2.23. The molecule has 1 aliphatic heterocycles. The minimum absolute atomic E-state index is 0.585. The van der Waals surface area contributed by atoms with Crippen LogP contribution in [0, 0.1) is 0 Å². The first kappa shape index (κ1) is 13.4. The molecule has 1 atom stereocenters. The number of aromatic nitrogens is 3. The third-order valence-electron chi connectivity index (χ3n) is 4.02. The zero-order valence-corrected chi connectivity index (χ0v) is 12.3. The van der Waals surface area contributed by atoms with E-state index in [1.807, 2.05) is 25.6 Å². The van der Waals surface area contributed by atoms with Crippen LogP contribution in [-0.2, 0) is 7.05 Å². The summed E-state index contributed by atoms with van der Waals surface area (Å²) in [7, 11) is 2.03. The van der Waals surface area contributed by atoms with Crippen LogP contribution in [0.3, 0.4) is 0 Å². The summed E-state index contributed by atoms with van der Waals surface area (Å²) in [5, 5.41) is 3.57. The fraction of sp³-hybridized carbons (Fsp3) is 0.600. The summed E-state index contributed by atoms with van der Waals surface area (Å²) in [6.45, 7) is 5.41. The smallest absolute Gasteiger partial charge is 0.156 e. The van der Waals surface area contributed by atoms with Crippen molar-refractivity contribution in [1.82, 2.24) is 19.9 Å². The van der Waals surface area contributed by atoms with Gasteiger partial charge in [-0.25, -0.2) is 9.97 Å². The largest absolute Gasteiger partial charge is 0.353 e. The number of aryl methyl sites for hydroxylation is 1. The minimum atomic E-state index is 0.585. The number of fused-ring (bicyclic) bond motifs is 1. The van der Waals surface area contributed by atoms with Gasteiger partial charge in [-0.2, -0.15) is 0 Å². The van der Waals surface area contributed by atoms with Gasteiger partial charge in [-0.15, -0.1) is 0 Å². The highest BCUT2D eigenvalue weighted by molar-refractivity contribution is 5.86. The van der Waals surface area contributed by atoms with Gasteiger partial charge in [-0.05, 0) is 31.9 Å². The highest BCUT2D eigenvalue weighted by atomic mass is 15.2. The molecule has 0 aliphatic carbocycles. The molecule has 20 heavy (non-hydrogen) atoms. The summed E-state index contributed by atoms with van der Waals surface area (Å²) in [4.78, 5) is 11.5. The molecule has 0 spiro atoms. The van der Waals surface area contributed by atoms with E-state index in [-0.39, 0.29) is 0 Å². The second-order valence-electron chi connectivity index (χ2n) is 5.60. The summed E-state index contributed by atoms with van der Waals surface area (Å²) in [6, 6.07) is 2.62. The van der Waals surface area contributed by atoms with Gasteiger partial charge < -0.3 is 14.8 Å². The average molecular weight is 273 g/mol. The lowest BCUT2D eigenvalue weighted by Gasteiger charge is -2.26. The van der Waals surface area contributed by atoms with E-state index in [1.54, 1.807) is 0 Å². The van der Waals surface area contributed by atoms with Crippen molar-refractivity contribution in [3.63, 3.8) is 0 Å². The first-order valence-corrected chi connectivity index (χ1v) is 7.54. The third kappa shape index (κ3) is 2.50. The van der Waals surface area contributed by atoms with E-state index in [0.717, 1.165) is 42.9 Å². The van der Waals surface area contributed by atoms with Crippen molar-refractivity contribution in [2.45, 2.75) is 32.2 Å². The van der Waals surface area contributed by atoms with Crippen LogP contribution in [0.25, 0.3) is 11.0 Å². The van der Waals surface area contributed by atoms with E-state index < -0.39 is 0 Å². The van der Waals surface area contributed by atoms with Crippen LogP contribution in [0.2, 0.25) is 0 Å². The molecular formula is C15H23N5. The van der Waals surface area contributed by atoms with E-state index in [1.165, 1.54) is 12.8 Å². The molecule has 0 amide bonds. The van der Waals surface area contributed by atoms with Crippen molar-refractivity contribution in [3.8, 4) is 0 Å². The van der Waals surface area contributed by atoms with Crippen molar-refractivity contribution in [2.75, 3.05) is 24.5 Å². The molecule has 3 rings (SSSR count). The van der Waals surface area contributed by atoms with Crippen LogP contribution >= 0.6 is 0 Å². The van der Waals surface area contributed by atoms with Gasteiger partial charge in [0.2, 0.25) is 0 Å². The second kappa shape index (κ2) is 5.79. The zero-order chi connectivity index (χ0) is 13.9. The third-order valence-corrected chi connectivity index (χ3v) is 4.02. The molecule has 1 fully saturated rings. The SMILES string of the molecule is CCCN(CC1CCCN1)c1nccc2c1ncn2C. The van der Waals surface area contributed by atoms with E-state index >= 15 is 0 Å². The molecule has 1 unspecified atom stereocenters. The van der Waals surface area contributed by atoms with Crippen LogP contribution in [0.1, 0.15) is 26.2 Å². The van der Waals surface area contributed by atoms with Crippen LogP contribution < -0.4 is 10.2 Å². The Morgan fingerprint density at radius 3 is 3.10 bits per heavy atom. The quantitative estimate of drug-likeness (QED) is 0.904. The minimum Gasteiger partial charge on any atom is -0.353 e. The number of pyridine rings is 1. The number of anilines is 1. The number of rotatable bonds is 5. The number of hydrogen-bond donors (Lipinski definition) is 1. The van der Waals surface area contributed by atoms with Gasteiger partial charge in [0.15, 0.2) is 5.82 Å². The Hall–Kier alpha value is -1.62. The molecule has 0 aromatic carbocycles. The van der Waals surface area contributed by atoms with Crippen LogP contribution in [0.5, 0.6) is 0 Å². The molecule has 5 heteroatoms. The van der Waals surface area contributed by atoms with Gasteiger partial charge in [-0.3, -0.25) is 0 Å². The lowest BCUT2D eigenvalue weighted by atomic mass is 10.2. The van der Waals surface area contributed by atoms with E-state index in [4.69, 9.17) is 0 Å². The van der Waals surface area contributed by atoms with Gasteiger partial charge in [0, 0.05) is 32.4 Å². The molecule has 1 N–H and O–H groups in total. The topological polar surface area (TPSA) is 46.0 Å². The number of hydrogen-bond acceptors (Lipinski definition) is 4. The Kier molecular flexibility index (Phi) is 3.87. The molecule has 5 nitrogen and oxygen atoms in total. The van der Waals surface area contributed by atoms with Crippen molar-refractivity contribution >= 4 is 16.9 Å². The van der Waals surface area contributed by atoms with Gasteiger partial charge in [0.05, 0.1) is 11.8 Å². The molecule has 2 aromatic heterocycles. The molecule has 1 aliphatic rings. The maximum absolute atomic E-state index is 4.60. The van der Waals surface area contributed by atoms with Crippen molar-refractivity contribution in [3.05, 3.63) is 18.6 Å². The first-order chi connectivity index (χ1) is 9.79. The van der Waals surface area contributed by atoms with Crippen molar-refractivity contribution in [1.29, 1.82) is 0 Å². The Labute approximate surface area is 120 Å². The Morgan fingerprint density at radius 1 is 1.45 bits per heavy atom. The maximum atomic E-state index is 4.60. The van der Waals surface area contributed by atoms with Gasteiger partial charge >= 0.3 is 0 Å². The molecule has 0 saturated carbocycles. The Morgan fingerprint density at radius 2 is 2.35 bits per heavy atom. The predicted octanol–water partition coefficient (Wildman–Crippen LogP) is 1.94. The molecule has 0 bridgehead atoms. The predicted molar refractivity (Wildman–Crippen MR) is 82.0 cm³/mol. The van der Waals surface area contributed by atoms with Gasteiger partial charge in [-0.1, -0.05) is 6.92 Å². The normalized spacial score (nSPS) is 18.8. The molecule has 2 aromatic rings. The number of nitrogens with one attached hydrogen (secondary N) is 1. The van der Waals surface area contributed by atoms with Crippen LogP contribution in [0.4, 0.5) is 5.82 Å². The zero-order valence-electron chi connectivity index (χ0n) is 12.3. The summed E-state index contributed by atoms with van der Waals surface area (Å²) in [6.07, 6.45) is 7.43. The molecule has 0 radical (unpaired) electrons. The lowest BCUT2D eigenvalue weighted by Crippen LogP contribution is -2.38. The van der Waals surface area contributed by atoms with Crippen molar-refractivity contribution < 1.29 is 0 Å². The fourth-order valence-electron chi connectivity index (χ4n) is 3.01. The Bertz CT molecular complexity index is 571. The molecule has 3 heterocycles. The summed E-state index contributed by atoms with van der Waals surface area (Å²) >= 11 is 0. The molecule has 108 valence electrons. The lowest BCUT2D eigenvalue weighted by molar-refractivity contribution is 0.576. The Balaban J connectivity index is 1.91. The number of nitrogens with zero attached hydrogens (tertiary/aromatic N) is 4. The highest BCUT2D eigenvalue weighted by Gasteiger charge is 2.20. The average Bonchev–Trinajstić information content (AvgIpc) is 3.09.